The highest BCUT2D eigenvalue weighted by molar-refractivity contribution is 5.38. The summed E-state index contributed by atoms with van der Waals surface area (Å²) in [6.07, 6.45) is 6.79. The zero-order valence-corrected chi connectivity index (χ0v) is 7.75. The van der Waals surface area contributed by atoms with E-state index >= 15 is 0 Å². The molecular formula is C11H12N2. The molecule has 0 spiro atoms. The van der Waals surface area contributed by atoms with Gasteiger partial charge in [-0.05, 0) is 43.4 Å². The van der Waals surface area contributed by atoms with E-state index < -0.39 is 0 Å². The highest BCUT2D eigenvalue weighted by Crippen LogP contribution is 2.43. The Morgan fingerprint density at radius 2 is 2.31 bits per heavy atom. The molecule has 0 bridgehead atoms. The van der Waals surface area contributed by atoms with Crippen LogP contribution in [0, 0.1) is 18.3 Å². The number of pyridine rings is 1. The van der Waals surface area contributed by atoms with Gasteiger partial charge in [-0.3, -0.25) is 4.98 Å². The molecule has 0 radical (unpaired) electrons. The van der Waals surface area contributed by atoms with Gasteiger partial charge in [-0.2, -0.15) is 5.26 Å². The molecule has 1 saturated carbocycles. The van der Waals surface area contributed by atoms with Crippen LogP contribution < -0.4 is 0 Å². The summed E-state index contributed by atoms with van der Waals surface area (Å²) in [4.78, 5) is 4.09. The maximum absolute atomic E-state index is 9.14. The van der Waals surface area contributed by atoms with Gasteiger partial charge in [0.15, 0.2) is 0 Å². The standard InChI is InChI=1S/C11H12N2/c1-9-3-6-13-7-10(9)11(8-12)4-2-5-11/h3,6-7H,2,4-5H2,1H3. The molecule has 0 atom stereocenters. The molecule has 2 nitrogen and oxygen atoms in total. The Labute approximate surface area is 78.2 Å². The number of aryl methyl sites for hydroxylation is 1. The van der Waals surface area contributed by atoms with Gasteiger partial charge in [0.05, 0.1) is 11.5 Å². The lowest BCUT2D eigenvalue weighted by Crippen LogP contribution is -2.33. The molecule has 1 aromatic heterocycles. The summed E-state index contributed by atoms with van der Waals surface area (Å²) in [5.74, 6) is 0. The minimum atomic E-state index is -0.210. The average molecular weight is 172 g/mol. The van der Waals surface area contributed by atoms with E-state index in [4.69, 9.17) is 5.26 Å². The first-order valence-corrected chi connectivity index (χ1v) is 4.61. The Morgan fingerprint density at radius 1 is 1.54 bits per heavy atom. The minimum Gasteiger partial charge on any atom is -0.264 e. The van der Waals surface area contributed by atoms with Crippen molar-refractivity contribution in [1.82, 2.24) is 4.98 Å². The van der Waals surface area contributed by atoms with Crippen molar-refractivity contribution >= 4 is 0 Å². The van der Waals surface area contributed by atoms with Crippen molar-refractivity contribution in [3.05, 3.63) is 29.6 Å². The van der Waals surface area contributed by atoms with Gasteiger partial charge in [-0.15, -0.1) is 0 Å². The summed E-state index contributed by atoms with van der Waals surface area (Å²) in [5, 5.41) is 9.14. The van der Waals surface area contributed by atoms with E-state index in [9.17, 15) is 0 Å². The zero-order chi connectivity index (χ0) is 9.31. The highest BCUT2D eigenvalue weighted by Gasteiger charge is 2.39. The topological polar surface area (TPSA) is 36.7 Å². The van der Waals surface area contributed by atoms with Gasteiger partial charge in [0.25, 0.3) is 0 Å². The van der Waals surface area contributed by atoms with Crippen molar-refractivity contribution in [1.29, 1.82) is 5.26 Å². The van der Waals surface area contributed by atoms with Gasteiger partial charge in [-0.25, -0.2) is 0 Å². The third-order valence-corrected chi connectivity index (χ3v) is 2.98. The van der Waals surface area contributed by atoms with E-state index in [0.29, 0.717) is 0 Å². The van der Waals surface area contributed by atoms with Crippen LogP contribution >= 0.6 is 0 Å². The number of aromatic nitrogens is 1. The molecular weight excluding hydrogens is 160 g/mol. The molecule has 1 aromatic rings. The highest BCUT2D eigenvalue weighted by atomic mass is 14.6. The van der Waals surface area contributed by atoms with Crippen LogP contribution in [0.4, 0.5) is 0 Å². The first-order chi connectivity index (χ1) is 6.28. The largest absolute Gasteiger partial charge is 0.264 e. The Balaban J connectivity index is 2.46. The average Bonchev–Trinajstić information content (AvgIpc) is 2.07. The smallest absolute Gasteiger partial charge is 0.0839 e. The molecule has 0 unspecified atom stereocenters. The molecule has 13 heavy (non-hydrogen) atoms. The van der Waals surface area contributed by atoms with Gasteiger partial charge < -0.3 is 0 Å². The van der Waals surface area contributed by atoms with Gasteiger partial charge in [0.2, 0.25) is 0 Å². The maximum Gasteiger partial charge on any atom is 0.0839 e. The first-order valence-electron chi connectivity index (χ1n) is 4.61. The van der Waals surface area contributed by atoms with Crippen LogP contribution in [0.2, 0.25) is 0 Å². The second-order valence-electron chi connectivity index (χ2n) is 3.74. The third-order valence-electron chi connectivity index (χ3n) is 2.98. The quantitative estimate of drug-likeness (QED) is 0.652. The summed E-state index contributed by atoms with van der Waals surface area (Å²) >= 11 is 0. The van der Waals surface area contributed by atoms with Crippen LogP contribution in [0.1, 0.15) is 30.4 Å². The third kappa shape index (κ3) is 1.12. The predicted molar refractivity (Wildman–Crippen MR) is 50.1 cm³/mol. The zero-order valence-electron chi connectivity index (χ0n) is 7.75. The molecule has 0 aromatic carbocycles. The van der Waals surface area contributed by atoms with Crippen molar-refractivity contribution in [3.63, 3.8) is 0 Å². The van der Waals surface area contributed by atoms with E-state index in [2.05, 4.69) is 18.0 Å². The van der Waals surface area contributed by atoms with E-state index in [1.807, 2.05) is 12.3 Å². The first kappa shape index (κ1) is 8.25. The van der Waals surface area contributed by atoms with Crippen LogP contribution in [-0.4, -0.2) is 4.98 Å². The summed E-state index contributed by atoms with van der Waals surface area (Å²) in [6.45, 7) is 2.05. The fourth-order valence-corrected chi connectivity index (χ4v) is 1.94. The van der Waals surface area contributed by atoms with Crippen LogP contribution in [-0.2, 0) is 5.41 Å². The second-order valence-corrected chi connectivity index (χ2v) is 3.74. The molecule has 0 aliphatic heterocycles. The number of nitriles is 1. The summed E-state index contributed by atoms with van der Waals surface area (Å²) in [6, 6.07) is 4.41. The molecule has 0 N–H and O–H groups in total. The fourth-order valence-electron chi connectivity index (χ4n) is 1.94. The molecule has 1 fully saturated rings. The molecule has 1 heterocycles. The normalized spacial score (nSPS) is 18.8. The van der Waals surface area contributed by atoms with E-state index in [-0.39, 0.29) is 5.41 Å². The molecule has 66 valence electrons. The van der Waals surface area contributed by atoms with Crippen LogP contribution in [0.25, 0.3) is 0 Å². The van der Waals surface area contributed by atoms with E-state index in [0.717, 1.165) is 18.4 Å². The van der Waals surface area contributed by atoms with Gasteiger partial charge in [0.1, 0.15) is 0 Å². The Bertz CT molecular complexity index is 359. The second kappa shape index (κ2) is 2.85. The number of hydrogen-bond donors (Lipinski definition) is 0. The lowest BCUT2D eigenvalue weighted by molar-refractivity contribution is 0.322. The number of hydrogen-bond acceptors (Lipinski definition) is 2. The van der Waals surface area contributed by atoms with Crippen molar-refractivity contribution < 1.29 is 0 Å². The van der Waals surface area contributed by atoms with Crippen molar-refractivity contribution in [3.8, 4) is 6.07 Å². The number of rotatable bonds is 1. The monoisotopic (exact) mass is 172 g/mol. The molecule has 0 amide bonds. The Kier molecular flexibility index (Phi) is 1.81. The van der Waals surface area contributed by atoms with Crippen molar-refractivity contribution in [2.75, 3.05) is 0 Å². The fraction of sp³-hybridized carbons (Fsp3) is 0.455. The summed E-state index contributed by atoms with van der Waals surface area (Å²) in [5.41, 5.74) is 2.11. The van der Waals surface area contributed by atoms with E-state index in [1.54, 1.807) is 6.20 Å². The SMILES string of the molecule is Cc1ccncc1C1(C#N)CCC1. The van der Waals surface area contributed by atoms with Crippen LogP contribution in [0.15, 0.2) is 18.5 Å². The molecule has 1 aliphatic carbocycles. The van der Waals surface area contributed by atoms with Gasteiger partial charge in [0, 0.05) is 12.4 Å². The lowest BCUT2D eigenvalue weighted by atomic mass is 9.65. The van der Waals surface area contributed by atoms with Gasteiger partial charge >= 0.3 is 0 Å². The van der Waals surface area contributed by atoms with Crippen LogP contribution in [0.5, 0.6) is 0 Å². The van der Waals surface area contributed by atoms with Gasteiger partial charge in [-0.1, -0.05) is 0 Å². The molecule has 2 rings (SSSR count). The van der Waals surface area contributed by atoms with E-state index in [1.165, 1.54) is 12.0 Å². The number of nitrogens with zero attached hydrogens (tertiary/aromatic N) is 2. The van der Waals surface area contributed by atoms with Crippen LogP contribution in [0.3, 0.4) is 0 Å². The molecule has 2 heteroatoms. The molecule has 0 saturated heterocycles. The Morgan fingerprint density at radius 3 is 2.77 bits per heavy atom. The lowest BCUT2D eigenvalue weighted by Gasteiger charge is -2.36. The maximum atomic E-state index is 9.14. The van der Waals surface area contributed by atoms with Crippen molar-refractivity contribution in [2.24, 2.45) is 0 Å². The minimum absolute atomic E-state index is 0.210. The predicted octanol–water partition coefficient (Wildman–Crippen LogP) is 2.34. The van der Waals surface area contributed by atoms with Crippen molar-refractivity contribution in [2.45, 2.75) is 31.6 Å². The Hall–Kier alpha value is -1.36. The summed E-state index contributed by atoms with van der Waals surface area (Å²) in [7, 11) is 0. The summed E-state index contributed by atoms with van der Waals surface area (Å²) < 4.78 is 0. The molecule has 1 aliphatic rings.